The van der Waals surface area contributed by atoms with Gasteiger partial charge in [-0.05, 0) is 23.9 Å². The molecule has 0 aromatic carbocycles. The van der Waals surface area contributed by atoms with Gasteiger partial charge < -0.3 is 18.9 Å². The van der Waals surface area contributed by atoms with Crippen LogP contribution < -0.4 is 59.1 Å². The number of aliphatic hydroxyl groups excluding tert-OH is 1. The van der Waals surface area contributed by atoms with Gasteiger partial charge in [0.25, 0.3) is 0 Å². The van der Waals surface area contributed by atoms with Crippen LogP contribution >= 0.6 is 0 Å². The molecule has 0 aromatic rings. The van der Waals surface area contributed by atoms with Crippen molar-refractivity contribution in [3.05, 3.63) is 0 Å². The van der Waals surface area contributed by atoms with Crippen molar-refractivity contribution in [1.29, 1.82) is 0 Å². The van der Waals surface area contributed by atoms with Crippen molar-refractivity contribution >= 4 is 21.2 Å². The van der Waals surface area contributed by atoms with Crippen LogP contribution in [0.15, 0.2) is 0 Å². The van der Waals surface area contributed by atoms with Gasteiger partial charge in [-0.3, -0.25) is 4.21 Å². The van der Waals surface area contributed by atoms with Crippen molar-refractivity contribution in [2.24, 2.45) is 0 Å². The topological polar surface area (TPSA) is 127 Å². The van der Waals surface area contributed by atoms with E-state index < -0.39 is 44.9 Å². The maximum absolute atomic E-state index is 10.6. The van der Waals surface area contributed by atoms with Crippen molar-refractivity contribution in [2.45, 2.75) is 31.3 Å². The molecule has 98 valence electrons. The first-order valence-corrected chi connectivity index (χ1v) is 7.29. The normalized spacial score (nSPS) is 16.0. The Bertz CT molecular complexity index is 322. The third kappa shape index (κ3) is 14.4. The average Bonchev–Trinajstić information content (AvgIpc) is 2.14. The zero-order valence-electron chi connectivity index (χ0n) is 10.7. The molecule has 0 heterocycles. The van der Waals surface area contributed by atoms with Crippen molar-refractivity contribution < 1.29 is 90.7 Å². The molecule has 0 aliphatic heterocycles. The first-order valence-electron chi connectivity index (χ1n) is 4.57. The summed E-state index contributed by atoms with van der Waals surface area (Å²) in [5.41, 5.74) is -1.38. The zero-order chi connectivity index (χ0) is 12.8. The van der Waals surface area contributed by atoms with Crippen molar-refractivity contribution in [3.8, 4) is 0 Å². The van der Waals surface area contributed by atoms with E-state index in [9.17, 15) is 21.7 Å². The van der Waals surface area contributed by atoms with Gasteiger partial charge in [0, 0.05) is 5.75 Å². The summed E-state index contributed by atoms with van der Waals surface area (Å²) in [5.74, 6) is -0.812. The van der Waals surface area contributed by atoms with Crippen molar-refractivity contribution in [3.63, 3.8) is 0 Å². The van der Waals surface area contributed by atoms with Crippen LogP contribution in [0.25, 0.3) is 0 Å². The van der Waals surface area contributed by atoms with E-state index in [4.69, 9.17) is 9.84 Å². The Labute approximate surface area is 154 Å². The second-order valence-electron chi connectivity index (χ2n) is 3.14. The molecule has 0 aliphatic rings. The number of hydrogen-bond donors (Lipinski definition) is 1. The van der Waals surface area contributed by atoms with Crippen LogP contribution in [-0.2, 0) is 25.9 Å². The molecular weight excluding hydrogens is 306 g/mol. The molecule has 0 saturated carbocycles. The minimum atomic E-state index is -4.46. The van der Waals surface area contributed by atoms with Crippen LogP contribution in [-0.4, -0.2) is 50.7 Å². The molecule has 0 amide bonds. The first kappa shape index (κ1) is 24.9. The molecule has 7 nitrogen and oxygen atoms in total. The quantitative estimate of drug-likeness (QED) is 0.267. The summed E-state index contributed by atoms with van der Waals surface area (Å²) in [6, 6.07) is 0. The van der Waals surface area contributed by atoms with E-state index in [0.717, 1.165) is 0 Å². The third-order valence-corrected chi connectivity index (χ3v) is 3.30. The number of aliphatic hydroxyl groups is 1. The van der Waals surface area contributed by atoms with Gasteiger partial charge in [-0.15, -0.1) is 0 Å². The molecule has 0 rings (SSSR count). The molecular formula is C7H14Na2O7S2. The molecule has 0 radical (unpaired) electrons. The predicted octanol–water partition coefficient (Wildman–Crippen LogP) is -7.08. The minimum absolute atomic E-state index is 0. The summed E-state index contributed by atoms with van der Waals surface area (Å²) in [6.45, 7) is 1.47. The molecule has 0 fully saturated rings. The van der Waals surface area contributed by atoms with E-state index in [-0.39, 0.29) is 65.7 Å². The van der Waals surface area contributed by atoms with Crippen molar-refractivity contribution in [2.75, 3.05) is 12.4 Å². The van der Waals surface area contributed by atoms with Gasteiger partial charge in [0.15, 0.2) is 0 Å². The monoisotopic (exact) mass is 320 g/mol. The van der Waals surface area contributed by atoms with Gasteiger partial charge >= 0.3 is 59.1 Å². The van der Waals surface area contributed by atoms with Gasteiger partial charge in [-0.2, -0.15) is 0 Å². The van der Waals surface area contributed by atoms with Gasteiger partial charge in [0.1, 0.15) is 5.44 Å². The molecule has 0 bridgehead atoms. The summed E-state index contributed by atoms with van der Waals surface area (Å²) in [4.78, 5) is 0. The van der Waals surface area contributed by atoms with E-state index in [1.807, 2.05) is 0 Å². The van der Waals surface area contributed by atoms with Gasteiger partial charge in [-0.1, -0.05) is 6.92 Å². The number of hydrogen-bond acceptors (Lipinski definition) is 7. The Morgan fingerprint density at radius 1 is 1.39 bits per heavy atom. The van der Waals surface area contributed by atoms with E-state index >= 15 is 0 Å². The van der Waals surface area contributed by atoms with E-state index in [0.29, 0.717) is 6.42 Å². The van der Waals surface area contributed by atoms with Gasteiger partial charge in [-0.25, -0.2) is 8.42 Å². The van der Waals surface area contributed by atoms with E-state index in [1.54, 1.807) is 6.92 Å². The molecule has 1 N–H and O–H groups in total. The Hall–Kier alpha value is 1.94. The number of rotatable bonds is 8. The molecule has 0 aliphatic carbocycles. The maximum atomic E-state index is 10.6. The summed E-state index contributed by atoms with van der Waals surface area (Å²) in [5, 5.41) is 9.11. The first-order chi connectivity index (χ1) is 7.26. The fourth-order valence-corrected chi connectivity index (χ4v) is 1.96. The molecule has 3 unspecified atom stereocenters. The summed E-state index contributed by atoms with van der Waals surface area (Å²) < 4.78 is 56.9. The van der Waals surface area contributed by atoms with Gasteiger partial charge in [0.05, 0.1) is 22.8 Å². The second-order valence-corrected chi connectivity index (χ2v) is 5.71. The standard InChI is InChI=1S/C7H16O7S2.2Na/c1-2-6(8)5-14-7(15(9)10)3-4-16(11,12)13;;/h6-8H,2-5H2,1H3,(H,9,10)(H,11,12,13);;/q;2*+1/p-2. The molecule has 11 heteroatoms. The summed E-state index contributed by atoms with van der Waals surface area (Å²) >= 11 is -2.64. The summed E-state index contributed by atoms with van der Waals surface area (Å²) in [6.07, 6.45) is -0.855. The van der Waals surface area contributed by atoms with Crippen LogP contribution in [0.5, 0.6) is 0 Å². The SMILES string of the molecule is CCC(O)COC(CCS(=O)(=O)[O-])S(=O)[O-].[Na+].[Na+]. The predicted molar refractivity (Wildman–Crippen MR) is 54.1 cm³/mol. The molecule has 18 heavy (non-hydrogen) atoms. The zero-order valence-corrected chi connectivity index (χ0v) is 16.3. The molecule has 3 atom stereocenters. The van der Waals surface area contributed by atoms with Crippen molar-refractivity contribution in [1.82, 2.24) is 0 Å². The smallest absolute Gasteiger partial charge is 0.770 e. The Morgan fingerprint density at radius 3 is 2.22 bits per heavy atom. The largest absolute Gasteiger partial charge is 1.00 e. The van der Waals surface area contributed by atoms with Crippen LogP contribution in [0.2, 0.25) is 0 Å². The second kappa shape index (κ2) is 12.7. The Morgan fingerprint density at radius 2 is 1.89 bits per heavy atom. The van der Waals surface area contributed by atoms with E-state index in [2.05, 4.69) is 0 Å². The van der Waals surface area contributed by atoms with Crippen LogP contribution in [0, 0.1) is 0 Å². The van der Waals surface area contributed by atoms with Gasteiger partial charge in [0.2, 0.25) is 0 Å². The number of ether oxygens (including phenoxy) is 1. The summed E-state index contributed by atoms with van der Waals surface area (Å²) in [7, 11) is -4.46. The minimum Gasteiger partial charge on any atom is -0.770 e. The van der Waals surface area contributed by atoms with Crippen LogP contribution in [0.3, 0.4) is 0 Å². The Kier molecular flexibility index (Phi) is 17.5. The van der Waals surface area contributed by atoms with E-state index in [1.165, 1.54) is 0 Å². The third-order valence-electron chi connectivity index (χ3n) is 1.76. The maximum Gasteiger partial charge on any atom is 1.00 e. The Balaban J connectivity index is -0.00000112. The average molecular weight is 320 g/mol. The fraction of sp³-hybridized carbons (Fsp3) is 1.00. The fourth-order valence-electron chi connectivity index (χ4n) is 0.812. The van der Waals surface area contributed by atoms with Crippen LogP contribution in [0.1, 0.15) is 19.8 Å². The molecule has 0 aromatic heterocycles. The molecule has 0 saturated heterocycles. The molecule has 0 spiro atoms. The van der Waals surface area contributed by atoms with Crippen LogP contribution in [0.4, 0.5) is 0 Å².